The standard InChI is InChI=1S/C21H43FN2O6/c1-17(2)21(25)24-16-20(22)19(5)30-15-14-29-13-12-28-11-10-27-9-8-26-7-6-23-18(3)4/h17-20,23H,6-16H2,1-5H3,(H,24,25). The minimum Gasteiger partial charge on any atom is -0.378 e. The molecular formula is C21H43FN2O6. The van der Waals surface area contributed by atoms with Gasteiger partial charge in [-0.05, 0) is 6.92 Å². The van der Waals surface area contributed by atoms with Gasteiger partial charge < -0.3 is 34.3 Å². The van der Waals surface area contributed by atoms with Crippen LogP contribution in [0.4, 0.5) is 4.39 Å². The zero-order valence-electron chi connectivity index (χ0n) is 19.4. The lowest BCUT2D eigenvalue weighted by Gasteiger charge is -2.18. The van der Waals surface area contributed by atoms with Crippen LogP contribution in [0.5, 0.6) is 0 Å². The summed E-state index contributed by atoms with van der Waals surface area (Å²) in [6, 6.07) is 0.472. The summed E-state index contributed by atoms with van der Waals surface area (Å²) in [7, 11) is 0. The second kappa shape index (κ2) is 20.1. The molecule has 0 saturated heterocycles. The molecule has 0 aliphatic heterocycles. The molecule has 0 aliphatic rings. The molecule has 30 heavy (non-hydrogen) atoms. The van der Waals surface area contributed by atoms with Crippen LogP contribution < -0.4 is 10.6 Å². The smallest absolute Gasteiger partial charge is 0.222 e. The largest absolute Gasteiger partial charge is 0.378 e. The molecule has 0 rings (SSSR count). The van der Waals surface area contributed by atoms with E-state index in [9.17, 15) is 9.18 Å². The fraction of sp³-hybridized carbons (Fsp3) is 0.952. The van der Waals surface area contributed by atoms with Gasteiger partial charge >= 0.3 is 0 Å². The van der Waals surface area contributed by atoms with Crippen molar-refractivity contribution in [3.05, 3.63) is 0 Å². The van der Waals surface area contributed by atoms with Gasteiger partial charge in [0.15, 0.2) is 0 Å². The summed E-state index contributed by atoms with van der Waals surface area (Å²) in [5.41, 5.74) is 0. The highest BCUT2D eigenvalue weighted by Gasteiger charge is 2.18. The summed E-state index contributed by atoms with van der Waals surface area (Å²) < 4.78 is 40.9. The molecule has 0 aromatic heterocycles. The van der Waals surface area contributed by atoms with Gasteiger partial charge in [-0.1, -0.05) is 27.7 Å². The molecule has 0 aromatic rings. The SMILES string of the molecule is CC(C)NCCOCCOCCOCCOCCOC(C)C(F)CNC(=O)C(C)C. The molecule has 0 bridgehead atoms. The van der Waals surface area contributed by atoms with Crippen LogP contribution in [0.25, 0.3) is 0 Å². The first-order valence-corrected chi connectivity index (χ1v) is 10.9. The van der Waals surface area contributed by atoms with Gasteiger partial charge in [0, 0.05) is 18.5 Å². The molecule has 2 unspecified atom stereocenters. The fourth-order valence-corrected chi connectivity index (χ4v) is 2.15. The van der Waals surface area contributed by atoms with E-state index in [0.717, 1.165) is 6.54 Å². The maximum atomic E-state index is 13.9. The van der Waals surface area contributed by atoms with Crippen LogP contribution in [0.15, 0.2) is 0 Å². The van der Waals surface area contributed by atoms with E-state index in [1.807, 2.05) is 0 Å². The van der Waals surface area contributed by atoms with Gasteiger partial charge in [-0.3, -0.25) is 4.79 Å². The zero-order chi connectivity index (χ0) is 22.6. The zero-order valence-corrected chi connectivity index (χ0v) is 19.4. The van der Waals surface area contributed by atoms with E-state index < -0.39 is 12.3 Å². The minimum absolute atomic E-state index is 0.0452. The van der Waals surface area contributed by atoms with Gasteiger partial charge in [-0.15, -0.1) is 0 Å². The second-order valence-electron chi connectivity index (χ2n) is 7.55. The summed E-state index contributed by atoms with van der Waals surface area (Å²) in [6.45, 7) is 14.5. The van der Waals surface area contributed by atoms with Crippen LogP contribution in [0, 0.1) is 5.92 Å². The molecule has 180 valence electrons. The maximum absolute atomic E-state index is 13.9. The molecule has 0 aliphatic carbocycles. The topological polar surface area (TPSA) is 87.3 Å². The van der Waals surface area contributed by atoms with Gasteiger partial charge in [0.25, 0.3) is 0 Å². The molecule has 0 heterocycles. The lowest BCUT2D eigenvalue weighted by atomic mass is 10.2. The third kappa shape index (κ3) is 19.1. The number of ether oxygens (including phenoxy) is 5. The number of carbonyl (C=O) groups is 1. The molecule has 2 N–H and O–H groups in total. The molecule has 1 amide bonds. The Morgan fingerprint density at radius 3 is 1.70 bits per heavy atom. The summed E-state index contributed by atoms with van der Waals surface area (Å²) in [4.78, 5) is 11.4. The summed E-state index contributed by atoms with van der Waals surface area (Å²) in [5, 5.41) is 5.83. The van der Waals surface area contributed by atoms with E-state index in [2.05, 4.69) is 24.5 Å². The normalized spacial score (nSPS) is 13.7. The third-order valence-electron chi connectivity index (χ3n) is 4.03. The Morgan fingerprint density at radius 1 is 0.767 bits per heavy atom. The summed E-state index contributed by atoms with van der Waals surface area (Å²) in [6.07, 6.45) is -1.86. The van der Waals surface area contributed by atoms with Crippen LogP contribution in [-0.2, 0) is 28.5 Å². The molecule has 8 nitrogen and oxygen atoms in total. The van der Waals surface area contributed by atoms with Crippen molar-refractivity contribution >= 4 is 5.91 Å². The number of nitrogens with one attached hydrogen (secondary N) is 2. The average molecular weight is 439 g/mol. The molecule has 0 spiro atoms. The van der Waals surface area contributed by atoms with E-state index in [1.165, 1.54) is 0 Å². The first-order valence-electron chi connectivity index (χ1n) is 10.9. The fourth-order valence-electron chi connectivity index (χ4n) is 2.15. The van der Waals surface area contributed by atoms with Crippen molar-refractivity contribution in [1.29, 1.82) is 0 Å². The number of halogens is 1. The first kappa shape index (κ1) is 29.2. The van der Waals surface area contributed by atoms with E-state index in [4.69, 9.17) is 23.7 Å². The average Bonchev–Trinajstić information content (AvgIpc) is 2.70. The second-order valence-corrected chi connectivity index (χ2v) is 7.55. The van der Waals surface area contributed by atoms with Crippen molar-refractivity contribution in [2.45, 2.75) is 52.9 Å². The Balaban J connectivity index is 3.31. The van der Waals surface area contributed by atoms with E-state index in [0.29, 0.717) is 58.9 Å². The van der Waals surface area contributed by atoms with Crippen LogP contribution >= 0.6 is 0 Å². The van der Waals surface area contributed by atoms with Crippen LogP contribution in [0.3, 0.4) is 0 Å². The van der Waals surface area contributed by atoms with Gasteiger partial charge in [0.05, 0.1) is 72.1 Å². The number of rotatable bonds is 21. The Bertz CT molecular complexity index is 402. The van der Waals surface area contributed by atoms with Gasteiger partial charge in [-0.2, -0.15) is 0 Å². The van der Waals surface area contributed by atoms with Crippen molar-refractivity contribution < 1.29 is 32.9 Å². The predicted molar refractivity (Wildman–Crippen MR) is 115 cm³/mol. The van der Waals surface area contributed by atoms with Crippen molar-refractivity contribution in [2.24, 2.45) is 5.92 Å². The van der Waals surface area contributed by atoms with Crippen molar-refractivity contribution in [2.75, 3.05) is 72.6 Å². The van der Waals surface area contributed by atoms with Crippen LogP contribution in [0.1, 0.15) is 34.6 Å². The van der Waals surface area contributed by atoms with Gasteiger partial charge in [0.1, 0.15) is 6.17 Å². The van der Waals surface area contributed by atoms with Crippen LogP contribution in [-0.4, -0.2) is 96.8 Å². The number of alkyl halides is 1. The summed E-state index contributed by atoms with van der Waals surface area (Å²) >= 11 is 0. The lowest BCUT2D eigenvalue weighted by molar-refractivity contribution is -0.124. The molecule has 0 fully saturated rings. The number of hydrogen-bond donors (Lipinski definition) is 2. The highest BCUT2D eigenvalue weighted by molar-refractivity contribution is 5.77. The van der Waals surface area contributed by atoms with Gasteiger partial charge in [-0.25, -0.2) is 4.39 Å². The monoisotopic (exact) mass is 438 g/mol. The first-order chi connectivity index (χ1) is 14.3. The summed E-state index contributed by atoms with van der Waals surface area (Å²) in [5.74, 6) is -0.326. The van der Waals surface area contributed by atoms with E-state index >= 15 is 0 Å². The molecule has 0 aromatic carbocycles. The molecule has 9 heteroatoms. The Labute approximate surface area is 181 Å². The molecular weight excluding hydrogens is 395 g/mol. The molecule has 0 saturated carbocycles. The van der Waals surface area contributed by atoms with Crippen LogP contribution in [0.2, 0.25) is 0 Å². The predicted octanol–water partition coefficient (Wildman–Crippen LogP) is 1.57. The minimum atomic E-state index is -1.25. The number of amides is 1. The van der Waals surface area contributed by atoms with E-state index in [-0.39, 0.29) is 25.0 Å². The lowest BCUT2D eigenvalue weighted by Crippen LogP contribution is -2.38. The molecule has 2 atom stereocenters. The molecule has 0 radical (unpaired) electrons. The highest BCUT2D eigenvalue weighted by Crippen LogP contribution is 2.03. The van der Waals surface area contributed by atoms with E-state index in [1.54, 1.807) is 20.8 Å². The maximum Gasteiger partial charge on any atom is 0.222 e. The van der Waals surface area contributed by atoms with Crippen molar-refractivity contribution in [3.63, 3.8) is 0 Å². The Hall–Kier alpha value is -0.840. The van der Waals surface area contributed by atoms with Gasteiger partial charge in [0.2, 0.25) is 5.91 Å². The highest BCUT2D eigenvalue weighted by atomic mass is 19.1. The Kier molecular flexibility index (Phi) is 19.5. The quantitative estimate of drug-likeness (QED) is 0.263. The van der Waals surface area contributed by atoms with Crippen molar-refractivity contribution in [3.8, 4) is 0 Å². The van der Waals surface area contributed by atoms with Crippen molar-refractivity contribution in [1.82, 2.24) is 10.6 Å². The number of hydrogen-bond acceptors (Lipinski definition) is 7. The third-order valence-corrected chi connectivity index (χ3v) is 4.03. The Morgan fingerprint density at radius 2 is 1.23 bits per heavy atom. The number of carbonyl (C=O) groups excluding carboxylic acids is 1.